The summed E-state index contributed by atoms with van der Waals surface area (Å²) < 4.78 is 9.23. The topological polar surface area (TPSA) is 35.5 Å². The molecule has 0 rings (SSSR count). The lowest BCUT2D eigenvalue weighted by molar-refractivity contribution is -0.125. The lowest BCUT2D eigenvalue weighted by Crippen LogP contribution is -1.90. The van der Waals surface area contributed by atoms with Crippen LogP contribution in [0.25, 0.3) is 0 Å². The third-order valence-electron chi connectivity index (χ3n) is 1.03. The van der Waals surface area contributed by atoms with Crippen LogP contribution in [0.15, 0.2) is 11.5 Å². The molecule has 0 saturated heterocycles. The Kier molecular flexibility index (Phi) is 3.51. The average molecular weight is 130 g/mol. The fourth-order valence-corrected chi connectivity index (χ4v) is 0.299. The molecule has 0 aromatic carbocycles. The zero-order chi connectivity index (χ0) is 7.28. The van der Waals surface area contributed by atoms with E-state index in [0.717, 1.165) is 0 Å². The summed E-state index contributed by atoms with van der Waals surface area (Å²) in [5, 5.41) is 0. The van der Waals surface area contributed by atoms with Gasteiger partial charge in [0.1, 0.15) is 11.5 Å². The third-order valence-corrected chi connectivity index (χ3v) is 1.03. The van der Waals surface area contributed by atoms with E-state index in [0.29, 0.717) is 18.0 Å². The maximum Gasteiger partial charge on any atom is 0.298 e. The van der Waals surface area contributed by atoms with Crippen LogP contribution >= 0.6 is 0 Å². The molecule has 52 valence electrons. The van der Waals surface area contributed by atoms with E-state index in [-0.39, 0.29) is 0 Å². The molecule has 0 atom stereocenters. The number of carbonyl (C=O) groups is 1. The van der Waals surface area contributed by atoms with Crippen molar-refractivity contribution in [2.45, 2.75) is 13.8 Å². The average Bonchev–Trinajstić information content (AvgIpc) is 1.87. The lowest BCUT2D eigenvalue weighted by atomic mass is 10.5. The van der Waals surface area contributed by atoms with Crippen LogP contribution in [-0.2, 0) is 14.3 Å². The molecule has 0 radical (unpaired) electrons. The Hall–Kier alpha value is -0.990. The highest BCUT2D eigenvalue weighted by molar-refractivity contribution is 5.39. The second-order valence-corrected chi connectivity index (χ2v) is 1.53. The van der Waals surface area contributed by atoms with Crippen molar-refractivity contribution in [2.24, 2.45) is 0 Å². The first-order valence-corrected chi connectivity index (χ1v) is 2.54. The van der Waals surface area contributed by atoms with Crippen LogP contribution in [0.2, 0.25) is 0 Å². The first kappa shape index (κ1) is 8.01. The molecule has 0 aromatic heterocycles. The summed E-state index contributed by atoms with van der Waals surface area (Å²) in [4.78, 5) is 9.72. The molecule has 3 heteroatoms. The minimum Gasteiger partial charge on any atom is -0.498 e. The normalized spacial score (nSPS) is 11.9. The number of methoxy groups -OCH3 is 1. The maximum atomic E-state index is 9.72. The number of hydrogen-bond acceptors (Lipinski definition) is 3. The highest BCUT2D eigenvalue weighted by Gasteiger charge is 1.93. The maximum absolute atomic E-state index is 9.72. The summed E-state index contributed by atoms with van der Waals surface area (Å²) in [6.45, 7) is 3.75. The molecule has 0 fully saturated rings. The second-order valence-electron chi connectivity index (χ2n) is 1.53. The number of carbonyl (C=O) groups excluding carboxylic acids is 1. The smallest absolute Gasteiger partial charge is 0.298 e. The zero-order valence-corrected chi connectivity index (χ0v) is 5.80. The van der Waals surface area contributed by atoms with Crippen molar-refractivity contribution in [1.82, 2.24) is 0 Å². The van der Waals surface area contributed by atoms with Crippen LogP contribution in [0.4, 0.5) is 0 Å². The van der Waals surface area contributed by atoms with Gasteiger partial charge >= 0.3 is 0 Å². The molecular weight excluding hydrogens is 120 g/mol. The van der Waals surface area contributed by atoms with Crippen LogP contribution in [0.3, 0.4) is 0 Å². The van der Waals surface area contributed by atoms with Crippen molar-refractivity contribution in [3.63, 3.8) is 0 Å². The Morgan fingerprint density at radius 2 is 1.89 bits per heavy atom. The van der Waals surface area contributed by atoms with E-state index < -0.39 is 0 Å². The molecular formula is C6H10O3. The van der Waals surface area contributed by atoms with Crippen LogP contribution in [0.5, 0.6) is 0 Å². The van der Waals surface area contributed by atoms with Crippen molar-refractivity contribution in [2.75, 3.05) is 7.11 Å². The summed E-state index contributed by atoms with van der Waals surface area (Å²) in [6.07, 6.45) is 0. The van der Waals surface area contributed by atoms with E-state index in [2.05, 4.69) is 4.74 Å². The molecule has 0 aliphatic carbocycles. The Morgan fingerprint density at radius 1 is 1.33 bits per heavy atom. The van der Waals surface area contributed by atoms with Gasteiger partial charge < -0.3 is 9.47 Å². The highest BCUT2D eigenvalue weighted by Crippen LogP contribution is 2.02. The first-order chi connectivity index (χ1) is 4.22. The van der Waals surface area contributed by atoms with Crippen LogP contribution in [0, 0.1) is 0 Å². The van der Waals surface area contributed by atoms with E-state index >= 15 is 0 Å². The molecule has 0 aliphatic heterocycles. The Balaban J connectivity index is 3.92. The van der Waals surface area contributed by atoms with E-state index in [1.807, 2.05) is 0 Å². The SMILES string of the molecule is COC(C)=C(C)OC=O. The molecule has 0 heterocycles. The van der Waals surface area contributed by atoms with Gasteiger partial charge in [0.2, 0.25) is 0 Å². The van der Waals surface area contributed by atoms with Crippen molar-refractivity contribution in [3.05, 3.63) is 11.5 Å². The van der Waals surface area contributed by atoms with Gasteiger partial charge in [-0.2, -0.15) is 0 Å². The Bertz CT molecular complexity index is 126. The Labute approximate surface area is 54.3 Å². The molecule has 3 nitrogen and oxygen atoms in total. The zero-order valence-electron chi connectivity index (χ0n) is 5.80. The van der Waals surface area contributed by atoms with Gasteiger partial charge in [-0.1, -0.05) is 0 Å². The van der Waals surface area contributed by atoms with Crippen molar-refractivity contribution < 1.29 is 14.3 Å². The van der Waals surface area contributed by atoms with Crippen LogP contribution < -0.4 is 0 Å². The molecule has 0 N–H and O–H groups in total. The summed E-state index contributed by atoms with van der Waals surface area (Å²) >= 11 is 0. The molecule has 0 saturated carbocycles. The monoisotopic (exact) mass is 130 g/mol. The number of ether oxygens (including phenoxy) is 2. The van der Waals surface area contributed by atoms with Crippen molar-refractivity contribution in [3.8, 4) is 0 Å². The van der Waals surface area contributed by atoms with E-state index in [9.17, 15) is 4.79 Å². The van der Waals surface area contributed by atoms with Gasteiger partial charge in [-0.3, -0.25) is 4.79 Å². The molecule has 0 bridgehead atoms. The summed E-state index contributed by atoms with van der Waals surface area (Å²) in [5.74, 6) is 1.11. The Morgan fingerprint density at radius 3 is 2.22 bits per heavy atom. The standard InChI is InChI=1S/C6H10O3/c1-5(8-3)6(2)9-4-7/h4H,1-3H3. The predicted molar refractivity (Wildman–Crippen MR) is 32.5 cm³/mol. The molecule has 9 heavy (non-hydrogen) atoms. The minimum atomic E-state index is 0.373. The predicted octanol–water partition coefficient (Wildman–Crippen LogP) is 1.06. The van der Waals surface area contributed by atoms with Crippen LogP contribution in [-0.4, -0.2) is 13.6 Å². The highest BCUT2D eigenvalue weighted by atomic mass is 16.5. The largest absolute Gasteiger partial charge is 0.498 e. The lowest BCUT2D eigenvalue weighted by Gasteiger charge is -2.01. The third kappa shape index (κ3) is 2.74. The molecule has 0 spiro atoms. The molecule has 0 unspecified atom stereocenters. The van der Waals surface area contributed by atoms with E-state index in [1.54, 1.807) is 13.8 Å². The minimum absolute atomic E-state index is 0.373. The molecule has 0 aliphatic rings. The summed E-state index contributed by atoms with van der Waals surface area (Å²) in [5.41, 5.74) is 0. The molecule has 0 amide bonds. The van der Waals surface area contributed by atoms with Gasteiger partial charge in [-0.05, 0) is 13.8 Å². The fraction of sp³-hybridized carbons (Fsp3) is 0.500. The number of allylic oxidation sites excluding steroid dienone is 2. The van der Waals surface area contributed by atoms with Gasteiger partial charge in [0.15, 0.2) is 0 Å². The number of rotatable bonds is 3. The van der Waals surface area contributed by atoms with Gasteiger partial charge in [0.25, 0.3) is 6.47 Å². The first-order valence-electron chi connectivity index (χ1n) is 2.54. The summed E-state index contributed by atoms with van der Waals surface area (Å²) in [6, 6.07) is 0. The van der Waals surface area contributed by atoms with Gasteiger partial charge in [-0.25, -0.2) is 0 Å². The summed E-state index contributed by atoms with van der Waals surface area (Å²) in [7, 11) is 1.52. The van der Waals surface area contributed by atoms with E-state index in [1.165, 1.54) is 7.11 Å². The fourth-order valence-electron chi connectivity index (χ4n) is 0.299. The van der Waals surface area contributed by atoms with Crippen LogP contribution in [0.1, 0.15) is 13.8 Å². The molecule has 0 aromatic rings. The van der Waals surface area contributed by atoms with Crippen molar-refractivity contribution >= 4 is 6.47 Å². The quantitative estimate of drug-likeness (QED) is 0.423. The van der Waals surface area contributed by atoms with Gasteiger partial charge in [-0.15, -0.1) is 0 Å². The number of hydrogen-bond donors (Lipinski definition) is 0. The van der Waals surface area contributed by atoms with Gasteiger partial charge in [0.05, 0.1) is 7.11 Å². The van der Waals surface area contributed by atoms with Gasteiger partial charge in [0, 0.05) is 0 Å². The van der Waals surface area contributed by atoms with E-state index in [4.69, 9.17) is 4.74 Å². The second kappa shape index (κ2) is 3.95. The van der Waals surface area contributed by atoms with Crippen molar-refractivity contribution in [1.29, 1.82) is 0 Å².